The van der Waals surface area contributed by atoms with Crippen molar-refractivity contribution in [3.8, 4) is 0 Å². The Morgan fingerprint density at radius 3 is 2.71 bits per heavy atom. The van der Waals surface area contributed by atoms with Crippen LogP contribution in [0.4, 0.5) is 0 Å². The zero-order valence-corrected chi connectivity index (χ0v) is 9.12. The molecule has 0 aliphatic carbocycles. The van der Waals surface area contributed by atoms with Gasteiger partial charge in [0.25, 0.3) is 0 Å². The molecule has 0 bridgehead atoms. The molecular formula is C11H19NO2. The van der Waals surface area contributed by atoms with E-state index in [9.17, 15) is 0 Å². The molecule has 0 amide bonds. The molecule has 0 radical (unpaired) electrons. The molecule has 14 heavy (non-hydrogen) atoms. The van der Waals surface area contributed by atoms with Gasteiger partial charge in [0.1, 0.15) is 5.76 Å². The van der Waals surface area contributed by atoms with Crippen LogP contribution in [0.15, 0.2) is 22.8 Å². The fourth-order valence-electron chi connectivity index (χ4n) is 1.51. The highest BCUT2D eigenvalue weighted by molar-refractivity contribution is 5.09. The summed E-state index contributed by atoms with van der Waals surface area (Å²) in [4.78, 5) is 0. The molecule has 0 fully saturated rings. The first-order valence-corrected chi connectivity index (χ1v) is 5.07. The normalized spacial score (nSPS) is 17.7. The summed E-state index contributed by atoms with van der Waals surface area (Å²) in [5.41, 5.74) is 5.76. The number of rotatable bonds is 5. The molecule has 80 valence electrons. The van der Waals surface area contributed by atoms with E-state index >= 15 is 0 Å². The van der Waals surface area contributed by atoms with Gasteiger partial charge in [-0.3, -0.25) is 0 Å². The highest BCUT2D eigenvalue weighted by Gasteiger charge is 2.33. The Hall–Kier alpha value is -0.800. The Morgan fingerprint density at radius 2 is 2.29 bits per heavy atom. The summed E-state index contributed by atoms with van der Waals surface area (Å²) >= 11 is 0. The van der Waals surface area contributed by atoms with Gasteiger partial charge in [0.15, 0.2) is 0 Å². The van der Waals surface area contributed by atoms with Crippen LogP contribution < -0.4 is 5.73 Å². The van der Waals surface area contributed by atoms with Crippen LogP contribution in [-0.2, 0) is 4.74 Å². The van der Waals surface area contributed by atoms with Gasteiger partial charge in [0.05, 0.1) is 17.9 Å². The molecule has 2 atom stereocenters. The smallest absolute Gasteiger partial charge is 0.123 e. The van der Waals surface area contributed by atoms with Crippen LogP contribution in [0.25, 0.3) is 0 Å². The lowest BCUT2D eigenvalue weighted by molar-refractivity contribution is -0.0513. The predicted molar refractivity (Wildman–Crippen MR) is 56.0 cm³/mol. The minimum absolute atomic E-state index is 0.206. The average molecular weight is 197 g/mol. The first-order chi connectivity index (χ1) is 6.64. The standard InChI is InChI=1S/C11H19NO2/c1-4-11(3,14-5-2)10(12)9-7-6-8-13-9/h6-8,10H,4-5,12H2,1-3H3. The zero-order chi connectivity index (χ0) is 10.6. The summed E-state index contributed by atoms with van der Waals surface area (Å²) in [6.45, 7) is 6.73. The van der Waals surface area contributed by atoms with Crippen LogP contribution in [-0.4, -0.2) is 12.2 Å². The summed E-state index contributed by atoms with van der Waals surface area (Å²) in [5.74, 6) is 0.780. The van der Waals surface area contributed by atoms with Crippen molar-refractivity contribution in [2.75, 3.05) is 6.61 Å². The van der Waals surface area contributed by atoms with E-state index in [1.54, 1.807) is 6.26 Å². The molecule has 1 aromatic heterocycles. The molecule has 0 saturated carbocycles. The van der Waals surface area contributed by atoms with Crippen LogP contribution in [0, 0.1) is 0 Å². The van der Waals surface area contributed by atoms with Crippen molar-refractivity contribution in [2.24, 2.45) is 5.73 Å². The second-order valence-electron chi connectivity index (χ2n) is 3.59. The lowest BCUT2D eigenvalue weighted by Crippen LogP contribution is -2.40. The largest absolute Gasteiger partial charge is 0.468 e. The van der Waals surface area contributed by atoms with Gasteiger partial charge >= 0.3 is 0 Å². The average Bonchev–Trinajstić information content (AvgIpc) is 2.69. The summed E-state index contributed by atoms with van der Waals surface area (Å²) in [6.07, 6.45) is 2.50. The van der Waals surface area contributed by atoms with E-state index in [1.807, 2.05) is 26.0 Å². The quantitative estimate of drug-likeness (QED) is 0.788. The molecule has 3 heteroatoms. The molecule has 1 heterocycles. The van der Waals surface area contributed by atoms with Crippen LogP contribution in [0.2, 0.25) is 0 Å². The van der Waals surface area contributed by atoms with Crippen molar-refractivity contribution in [2.45, 2.75) is 38.8 Å². The maximum absolute atomic E-state index is 6.10. The third kappa shape index (κ3) is 2.16. The molecule has 0 aromatic carbocycles. The maximum atomic E-state index is 6.10. The third-order valence-corrected chi connectivity index (χ3v) is 2.68. The summed E-state index contributed by atoms with van der Waals surface area (Å²) < 4.78 is 11.0. The number of furan rings is 1. The van der Waals surface area contributed by atoms with Gasteiger partial charge in [0, 0.05) is 6.61 Å². The molecule has 1 rings (SSSR count). The second-order valence-corrected chi connectivity index (χ2v) is 3.59. The fourth-order valence-corrected chi connectivity index (χ4v) is 1.51. The highest BCUT2D eigenvalue weighted by atomic mass is 16.5. The van der Waals surface area contributed by atoms with Crippen LogP contribution in [0.1, 0.15) is 39.0 Å². The SMILES string of the molecule is CCOC(C)(CC)C(N)c1ccco1. The Bertz CT molecular complexity index is 258. The van der Waals surface area contributed by atoms with E-state index in [-0.39, 0.29) is 11.6 Å². The molecule has 2 unspecified atom stereocenters. The predicted octanol–water partition coefficient (Wildman–Crippen LogP) is 2.48. The molecule has 0 spiro atoms. The summed E-state index contributed by atoms with van der Waals surface area (Å²) in [5, 5.41) is 0. The van der Waals surface area contributed by atoms with Crippen molar-refractivity contribution < 1.29 is 9.15 Å². The van der Waals surface area contributed by atoms with E-state index in [4.69, 9.17) is 14.9 Å². The summed E-state index contributed by atoms with van der Waals surface area (Å²) in [7, 11) is 0. The third-order valence-electron chi connectivity index (χ3n) is 2.68. The van der Waals surface area contributed by atoms with Gasteiger partial charge in [-0.2, -0.15) is 0 Å². The van der Waals surface area contributed by atoms with Gasteiger partial charge < -0.3 is 14.9 Å². The van der Waals surface area contributed by atoms with Crippen molar-refractivity contribution in [1.29, 1.82) is 0 Å². The Morgan fingerprint density at radius 1 is 1.57 bits per heavy atom. The number of hydrogen-bond acceptors (Lipinski definition) is 3. The van der Waals surface area contributed by atoms with E-state index in [2.05, 4.69) is 6.92 Å². The monoisotopic (exact) mass is 197 g/mol. The molecule has 2 N–H and O–H groups in total. The lowest BCUT2D eigenvalue weighted by Gasteiger charge is -2.33. The second kappa shape index (κ2) is 4.62. The number of hydrogen-bond donors (Lipinski definition) is 1. The van der Waals surface area contributed by atoms with E-state index < -0.39 is 0 Å². The first kappa shape index (κ1) is 11.3. The van der Waals surface area contributed by atoms with Crippen LogP contribution in [0.3, 0.4) is 0 Å². The van der Waals surface area contributed by atoms with Crippen molar-refractivity contribution >= 4 is 0 Å². The van der Waals surface area contributed by atoms with Crippen molar-refractivity contribution in [3.05, 3.63) is 24.2 Å². The van der Waals surface area contributed by atoms with Gasteiger partial charge in [-0.05, 0) is 32.4 Å². The maximum Gasteiger partial charge on any atom is 0.123 e. The first-order valence-electron chi connectivity index (χ1n) is 5.07. The molecule has 1 aromatic rings. The van der Waals surface area contributed by atoms with E-state index in [0.717, 1.165) is 12.2 Å². The zero-order valence-electron chi connectivity index (χ0n) is 9.12. The van der Waals surface area contributed by atoms with Gasteiger partial charge in [-0.15, -0.1) is 0 Å². The van der Waals surface area contributed by atoms with E-state index in [0.29, 0.717) is 6.61 Å². The number of ether oxygens (including phenoxy) is 1. The Labute approximate surface area is 85.2 Å². The van der Waals surface area contributed by atoms with Crippen molar-refractivity contribution in [3.63, 3.8) is 0 Å². The highest BCUT2D eigenvalue weighted by Crippen LogP contribution is 2.30. The lowest BCUT2D eigenvalue weighted by atomic mass is 9.92. The van der Waals surface area contributed by atoms with Crippen LogP contribution in [0.5, 0.6) is 0 Å². The fraction of sp³-hybridized carbons (Fsp3) is 0.636. The van der Waals surface area contributed by atoms with Crippen LogP contribution >= 0.6 is 0 Å². The topological polar surface area (TPSA) is 48.4 Å². The Balaban J connectivity index is 2.79. The number of nitrogens with two attached hydrogens (primary N) is 1. The van der Waals surface area contributed by atoms with Crippen molar-refractivity contribution in [1.82, 2.24) is 0 Å². The minimum atomic E-state index is -0.341. The van der Waals surface area contributed by atoms with E-state index in [1.165, 1.54) is 0 Å². The molecule has 0 aliphatic heterocycles. The van der Waals surface area contributed by atoms with Gasteiger partial charge in [0.2, 0.25) is 0 Å². The molecule has 0 saturated heterocycles. The minimum Gasteiger partial charge on any atom is -0.468 e. The molecule has 0 aliphatic rings. The molecule has 3 nitrogen and oxygen atoms in total. The Kier molecular flexibility index (Phi) is 3.72. The van der Waals surface area contributed by atoms with Gasteiger partial charge in [-0.25, -0.2) is 0 Å². The van der Waals surface area contributed by atoms with Gasteiger partial charge in [-0.1, -0.05) is 6.92 Å². The summed E-state index contributed by atoms with van der Waals surface area (Å²) in [6, 6.07) is 3.52. The molecular weight excluding hydrogens is 178 g/mol.